The van der Waals surface area contributed by atoms with Crippen molar-refractivity contribution in [2.45, 2.75) is 60.8 Å². The monoisotopic (exact) mass is 400 g/mol. The maximum atomic E-state index is 7.70. The number of thiophene rings is 1. The molecule has 0 N–H and O–H groups in total. The zero-order valence-electron chi connectivity index (χ0n) is 19.3. The van der Waals surface area contributed by atoms with Gasteiger partial charge in [0, 0.05) is 8.30 Å². The smallest absolute Gasteiger partial charge is 0.258 e. The molecule has 0 aliphatic carbocycles. The van der Waals surface area contributed by atoms with Gasteiger partial charge in [-0.25, -0.2) is 0 Å². The van der Waals surface area contributed by atoms with E-state index >= 15 is 0 Å². The third kappa shape index (κ3) is 4.30. The molecule has 28 heavy (non-hydrogen) atoms. The van der Waals surface area contributed by atoms with E-state index in [1.807, 2.05) is 26.0 Å². The zero-order valence-corrected chi connectivity index (χ0v) is 18.2. The van der Waals surface area contributed by atoms with Gasteiger partial charge in [-0.15, -0.1) is 21.5 Å². The molecular formula is C23H30N2O2S. The van der Waals surface area contributed by atoms with Gasteiger partial charge in [-0.1, -0.05) is 27.7 Å². The highest BCUT2D eigenvalue weighted by molar-refractivity contribution is 7.13. The topological polar surface area (TPSA) is 48.2 Å². The number of hydrogen-bond acceptors (Lipinski definition) is 5. The van der Waals surface area contributed by atoms with Crippen molar-refractivity contribution in [1.29, 1.82) is 0 Å². The number of nitrogens with zero attached hydrogens (tertiary/aromatic N) is 2. The maximum Gasteiger partial charge on any atom is 0.258 e. The number of ether oxygens (including phenoxy) is 1. The van der Waals surface area contributed by atoms with Gasteiger partial charge in [-0.2, -0.15) is 0 Å². The van der Waals surface area contributed by atoms with Crippen LogP contribution in [0.25, 0.3) is 22.2 Å². The summed E-state index contributed by atoms with van der Waals surface area (Å²) in [6.45, 7) is 10.8. The summed E-state index contributed by atoms with van der Waals surface area (Å²) < 4.78 is 26.8. The van der Waals surface area contributed by atoms with Crippen LogP contribution >= 0.6 is 11.3 Å². The summed E-state index contributed by atoms with van der Waals surface area (Å²) in [7, 11) is 0. The minimum absolute atomic E-state index is 0.0301. The number of aryl methyl sites for hydroxylation is 2. The summed E-state index contributed by atoms with van der Waals surface area (Å²) in [6.07, 6.45) is 1.46. The van der Waals surface area contributed by atoms with Gasteiger partial charge in [0.25, 0.3) is 5.89 Å². The minimum Gasteiger partial charge on any atom is -0.493 e. The van der Waals surface area contributed by atoms with Crippen LogP contribution in [0, 0.1) is 19.8 Å². The SMILES string of the molecule is [2H]CC([2H])COc1c(C)cc(-c2nnc(-c3scc(CC(C)C)c3CC)o2)cc1C. The van der Waals surface area contributed by atoms with E-state index in [-0.39, 0.29) is 13.5 Å². The number of rotatable bonds is 8. The summed E-state index contributed by atoms with van der Waals surface area (Å²) in [5.74, 6) is 2.43. The molecule has 0 spiro atoms. The van der Waals surface area contributed by atoms with Crippen molar-refractivity contribution in [3.63, 3.8) is 0 Å². The van der Waals surface area contributed by atoms with Gasteiger partial charge < -0.3 is 9.15 Å². The standard InChI is InChI=1S/C23H30N2O2S/c1-7-9-26-20-15(5)11-17(12-16(20)6)22-24-25-23(27-22)21-19(8-2)18(13-28-21)10-14(3)4/h11-14H,7-10H2,1-6H3/i1D,7D. The molecule has 3 rings (SSSR count). The van der Waals surface area contributed by atoms with E-state index in [4.69, 9.17) is 11.9 Å². The van der Waals surface area contributed by atoms with E-state index in [0.29, 0.717) is 17.7 Å². The van der Waals surface area contributed by atoms with E-state index in [9.17, 15) is 0 Å². The fraction of sp³-hybridized carbons (Fsp3) is 0.478. The highest BCUT2D eigenvalue weighted by Gasteiger charge is 2.19. The van der Waals surface area contributed by atoms with Crippen molar-refractivity contribution < 1.29 is 11.9 Å². The highest BCUT2D eigenvalue weighted by atomic mass is 32.1. The molecule has 0 aliphatic heterocycles. The van der Waals surface area contributed by atoms with Crippen molar-refractivity contribution >= 4 is 11.3 Å². The molecule has 0 fully saturated rings. The molecule has 0 bridgehead atoms. The number of aromatic nitrogens is 2. The predicted molar refractivity (Wildman–Crippen MR) is 116 cm³/mol. The van der Waals surface area contributed by atoms with Crippen LogP contribution in [0.1, 0.15) is 59.1 Å². The lowest BCUT2D eigenvalue weighted by molar-refractivity contribution is 0.313. The third-order valence-electron chi connectivity index (χ3n) is 4.63. The van der Waals surface area contributed by atoms with E-state index in [0.717, 1.165) is 40.2 Å². The van der Waals surface area contributed by atoms with Crippen molar-refractivity contribution in [3.8, 4) is 28.0 Å². The Kier molecular flexibility index (Phi) is 5.70. The lowest BCUT2D eigenvalue weighted by atomic mass is 9.99. The molecule has 2 aromatic heterocycles. The number of benzene rings is 1. The van der Waals surface area contributed by atoms with Crippen LogP contribution in [0.4, 0.5) is 0 Å². The second kappa shape index (κ2) is 8.91. The average molecular weight is 401 g/mol. The van der Waals surface area contributed by atoms with Gasteiger partial charge in [-0.3, -0.25) is 0 Å². The quantitative estimate of drug-likeness (QED) is 0.426. The molecule has 150 valence electrons. The van der Waals surface area contributed by atoms with Crippen molar-refractivity contribution in [2.24, 2.45) is 5.92 Å². The second-order valence-corrected chi connectivity index (χ2v) is 8.35. The van der Waals surface area contributed by atoms with Gasteiger partial charge >= 0.3 is 0 Å². The summed E-state index contributed by atoms with van der Waals surface area (Å²) in [6, 6.07) is 3.94. The predicted octanol–water partition coefficient (Wildman–Crippen LogP) is 6.63. The summed E-state index contributed by atoms with van der Waals surface area (Å²) in [5.41, 5.74) is 5.44. The van der Waals surface area contributed by atoms with Crippen LogP contribution in [0.15, 0.2) is 21.9 Å². The van der Waals surface area contributed by atoms with E-state index in [1.165, 1.54) is 11.1 Å². The lowest BCUT2D eigenvalue weighted by Crippen LogP contribution is -1.99. The largest absolute Gasteiger partial charge is 0.493 e. The Morgan fingerprint density at radius 2 is 1.93 bits per heavy atom. The van der Waals surface area contributed by atoms with Gasteiger partial charge in [0.15, 0.2) is 0 Å². The maximum absolute atomic E-state index is 7.70. The van der Waals surface area contributed by atoms with Crippen LogP contribution in [0.2, 0.25) is 0 Å². The molecule has 4 nitrogen and oxygen atoms in total. The van der Waals surface area contributed by atoms with Gasteiger partial charge in [-0.05, 0) is 78.8 Å². The summed E-state index contributed by atoms with van der Waals surface area (Å²) in [4.78, 5) is 1.07. The van der Waals surface area contributed by atoms with Crippen LogP contribution < -0.4 is 4.74 Å². The lowest BCUT2D eigenvalue weighted by Gasteiger charge is -2.12. The first-order chi connectivity index (χ1) is 14.3. The van der Waals surface area contributed by atoms with Crippen molar-refractivity contribution in [2.75, 3.05) is 6.61 Å². The molecule has 3 aromatic rings. The van der Waals surface area contributed by atoms with Gasteiger partial charge in [0.1, 0.15) is 5.75 Å². The molecule has 0 aliphatic rings. The van der Waals surface area contributed by atoms with E-state index < -0.39 is 6.40 Å². The van der Waals surface area contributed by atoms with Crippen LogP contribution in [-0.2, 0) is 12.8 Å². The Labute approximate surface area is 174 Å². The van der Waals surface area contributed by atoms with Gasteiger partial charge in [0.05, 0.1) is 11.5 Å². The van der Waals surface area contributed by atoms with Crippen molar-refractivity contribution in [3.05, 3.63) is 39.8 Å². The summed E-state index contributed by atoms with van der Waals surface area (Å²) in [5, 5.41) is 10.9. The fourth-order valence-corrected chi connectivity index (χ4v) is 4.57. The normalized spacial score (nSPS) is 13.5. The molecule has 2 heterocycles. The Hall–Kier alpha value is -2.14. The van der Waals surface area contributed by atoms with Crippen LogP contribution in [0.5, 0.6) is 5.75 Å². The second-order valence-electron chi connectivity index (χ2n) is 7.47. The van der Waals surface area contributed by atoms with Crippen LogP contribution in [-0.4, -0.2) is 16.8 Å². The molecule has 0 amide bonds. The Morgan fingerprint density at radius 3 is 2.57 bits per heavy atom. The molecule has 5 heteroatoms. The van der Waals surface area contributed by atoms with Gasteiger partial charge in [0.2, 0.25) is 5.89 Å². The Morgan fingerprint density at radius 1 is 1.21 bits per heavy atom. The first-order valence-electron chi connectivity index (χ1n) is 11.0. The molecule has 1 atom stereocenters. The van der Waals surface area contributed by atoms with Crippen molar-refractivity contribution in [1.82, 2.24) is 10.2 Å². The first kappa shape index (κ1) is 17.9. The molecule has 0 saturated heterocycles. The fourth-order valence-electron chi connectivity index (χ4n) is 3.47. The zero-order chi connectivity index (χ0) is 21.8. The Bertz CT molecular complexity index is 974. The van der Waals surface area contributed by atoms with Crippen LogP contribution in [0.3, 0.4) is 0 Å². The third-order valence-corrected chi connectivity index (χ3v) is 5.69. The molecule has 0 radical (unpaired) electrons. The molecule has 1 aromatic carbocycles. The first-order valence-corrected chi connectivity index (χ1v) is 10.6. The number of hydrogen-bond donors (Lipinski definition) is 0. The average Bonchev–Trinajstić information content (AvgIpc) is 3.33. The van der Waals surface area contributed by atoms with E-state index in [2.05, 4.69) is 36.3 Å². The summed E-state index contributed by atoms with van der Waals surface area (Å²) >= 11 is 1.68. The van der Waals surface area contributed by atoms with E-state index in [1.54, 1.807) is 11.3 Å². The molecule has 1 unspecified atom stereocenters. The molecule has 0 saturated carbocycles. The Balaban J connectivity index is 1.87. The molecular weight excluding hydrogens is 368 g/mol. The minimum atomic E-state index is -0.541. The highest BCUT2D eigenvalue weighted by Crippen LogP contribution is 2.36.